The second-order valence-corrected chi connectivity index (χ2v) is 3.58. The summed E-state index contributed by atoms with van der Waals surface area (Å²) >= 11 is 0. The van der Waals surface area contributed by atoms with Crippen LogP contribution in [0.4, 0.5) is 0 Å². The number of carbonyl (C=O) groups excluding carboxylic acids is 2. The number of allylic oxidation sites excluding steroid dienone is 2. The van der Waals surface area contributed by atoms with Crippen LogP contribution in [-0.4, -0.2) is 36.2 Å². The van der Waals surface area contributed by atoms with Gasteiger partial charge in [-0.15, -0.1) is 0 Å². The van der Waals surface area contributed by atoms with E-state index < -0.39 is 17.9 Å². The molecule has 1 aliphatic rings. The molecule has 1 rings (SSSR count). The SMILES string of the molecule is O=C(O)CCC(=O)OCCCOC(=O)C1=CC=C1. The van der Waals surface area contributed by atoms with Gasteiger partial charge in [0.05, 0.1) is 31.6 Å². The first-order valence-electron chi connectivity index (χ1n) is 5.52. The second-order valence-electron chi connectivity index (χ2n) is 3.58. The number of rotatable bonds is 8. The van der Waals surface area contributed by atoms with Gasteiger partial charge < -0.3 is 14.6 Å². The van der Waals surface area contributed by atoms with Crippen molar-refractivity contribution in [1.29, 1.82) is 0 Å². The fourth-order valence-electron chi connectivity index (χ4n) is 1.10. The minimum Gasteiger partial charge on any atom is -0.481 e. The zero-order valence-corrected chi connectivity index (χ0v) is 9.76. The van der Waals surface area contributed by atoms with E-state index in [4.69, 9.17) is 14.6 Å². The number of esters is 2. The first kappa shape index (κ1) is 14.0. The molecule has 0 saturated carbocycles. The molecule has 0 aromatic rings. The molecule has 0 saturated heterocycles. The maximum atomic E-state index is 11.2. The Kier molecular flexibility index (Phi) is 5.63. The third-order valence-corrected chi connectivity index (χ3v) is 2.12. The maximum absolute atomic E-state index is 11.2. The monoisotopic (exact) mass is 254 g/mol. The molecule has 0 aromatic carbocycles. The van der Waals surface area contributed by atoms with Gasteiger partial charge in [-0.25, -0.2) is 4.79 Å². The van der Waals surface area contributed by atoms with E-state index in [1.807, 2.05) is 0 Å². The van der Waals surface area contributed by atoms with E-state index in [0.29, 0.717) is 12.0 Å². The number of carbonyl (C=O) groups is 3. The Balaban J connectivity index is 1.96. The fourth-order valence-corrected chi connectivity index (χ4v) is 1.10. The molecule has 6 heteroatoms. The Bertz CT molecular complexity index is 393. The normalized spacial score (nSPS) is 12.3. The predicted octanol–water partition coefficient (Wildman–Crippen LogP) is 0.824. The van der Waals surface area contributed by atoms with Crippen molar-refractivity contribution in [2.45, 2.75) is 19.3 Å². The van der Waals surface area contributed by atoms with Crippen molar-refractivity contribution in [2.24, 2.45) is 0 Å². The van der Waals surface area contributed by atoms with Gasteiger partial charge in [0, 0.05) is 6.42 Å². The molecule has 18 heavy (non-hydrogen) atoms. The van der Waals surface area contributed by atoms with Gasteiger partial charge in [-0.3, -0.25) is 9.59 Å². The number of aliphatic carboxylic acids is 1. The first-order valence-corrected chi connectivity index (χ1v) is 5.52. The van der Waals surface area contributed by atoms with Crippen LogP contribution in [0, 0.1) is 0 Å². The van der Waals surface area contributed by atoms with Crippen LogP contribution in [0.3, 0.4) is 0 Å². The summed E-state index contributed by atoms with van der Waals surface area (Å²) in [5.41, 5.74) is 0.522. The highest BCUT2D eigenvalue weighted by Crippen LogP contribution is 2.09. The zero-order valence-electron chi connectivity index (χ0n) is 9.76. The number of carboxylic acid groups (broad SMARTS) is 1. The standard InChI is InChI=1S/C12H14O6/c13-10(14)5-6-11(15)17-7-2-8-18-12(16)9-3-1-4-9/h1,3-4H,2,5-8H2,(H,13,14). The maximum Gasteiger partial charge on any atom is 0.338 e. The lowest BCUT2D eigenvalue weighted by Gasteiger charge is -2.08. The summed E-state index contributed by atoms with van der Waals surface area (Å²) in [6.07, 6.45) is 5.03. The van der Waals surface area contributed by atoms with Crippen molar-refractivity contribution in [3.05, 3.63) is 23.8 Å². The Morgan fingerprint density at radius 2 is 1.78 bits per heavy atom. The summed E-state index contributed by atoms with van der Waals surface area (Å²) in [6.45, 7) is 0.275. The number of carboxylic acids is 1. The highest BCUT2D eigenvalue weighted by atomic mass is 16.5. The van der Waals surface area contributed by atoms with Gasteiger partial charge in [0.1, 0.15) is 0 Å². The van der Waals surface area contributed by atoms with E-state index in [0.717, 1.165) is 0 Å². The van der Waals surface area contributed by atoms with Gasteiger partial charge in [0.25, 0.3) is 0 Å². The lowest BCUT2D eigenvalue weighted by molar-refractivity contribution is -0.148. The van der Waals surface area contributed by atoms with Crippen molar-refractivity contribution in [1.82, 2.24) is 0 Å². The number of hydrogen-bond donors (Lipinski definition) is 1. The molecular weight excluding hydrogens is 240 g/mol. The van der Waals surface area contributed by atoms with E-state index in [1.165, 1.54) is 0 Å². The highest BCUT2D eigenvalue weighted by molar-refractivity contribution is 5.94. The van der Waals surface area contributed by atoms with Crippen LogP contribution in [0.2, 0.25) is 0 Å². The molecule has 0 bridgehead atoms. The molecule has 1 aliphatic carbocycles. The molecule has 98 valence electrons. The lowest BCUT2D eigenvalue weighted by Crippen LogP contribution is -2.13. The third-order valence-electron chi connectivity index (χ3n) is 2.12. The molecule has 1 N–H and O–H groups in total. The van der Waals surface area contributed by atoms with Crippen molar-refractivity contribution in [2.75, 3.05) is 13.2 Å². The molecule has 0 aromatic heterocycles. The minimum atomic E-state index is -1.04. The largest absolute Gasteiger partial charge is 0.481 e. The van der Waals surface area contributed by atoms with Crippen LogP contribution < -0.4 is 0 Å². The smallest absolute Gasteiger partial charge is 0.338 e. The number of hydrogen-bond acceptors (Lipinski definition) is 5. The molecular formula is C12H14O6. The number of ether oxygens (including phenoxy) is 2. The highest BCUT2D eigenvalue weighted by Gasteiger charge is 2.11. The molecule has 0 fully saturated rings. The van der Waals surface area contributed by atoms with E-state index >= 15 is 0 Å². The predicted molar refractivity (Wildman–Crippen MR) is 60.6 cm³/mol. The Morgan fingerprint density at radius 1 is 1.11 bits per heavy atom. The molecule has 0 spiro atoms. The van der Waals surface area contributed by atoms with Gasteiger partial charge >= 0.3 is 17.9 Å². The van der Waals surface area contributed by atoms with Crippen LogP contribution >= 0.6 is 0 Å². The van der Waals surface area contributed by atoms with Crippen LogP contribution in [0.5, 0.6) is 0 Å². The molecule has 0 radical (unpaired) electrons. The van der Waals surface area contributed by atoms with E-state index in [1.54, 1.807) is 18.2 Å². The summed E-state index contributed by atoms with van der Waals surface area (Å²) < 4.78 is 9.63. The topological polar surface area (TPSA) is 89.9 Å². The third kappa shape index (κ3) is 5.29. The molecule has 6 nitrogen and oxygen atoms in total. The summed E-state index contributed by atoms with van der Waals surface area (Å²) in [5, 5.41) is 8.34. The minimum absolute atomic E-state index is 0.112. The Morgan fingerprint density at radius 3 is 2.33 bits per heavy atom. The molecule has 0 unspecified atom stereocenters. The van der Waals surface area contributed by atoms with Gasteiger partial charge in [0.15, 0.2) is 0 Å². The Hall–Kier alpha value is -2.11. The zero-order chi connectivity index (χ0) is 13.4. The quantitative estimate of drug-likeness (QED) is 0.509. The summed E-state index contributed by atoms with van der Waals surface area (Å²) in [5.74, 6) is -1.99. The average molecular weight is 254 g/mol. The van der Waals surface area contributed by atoms with E-state index in [2.05, 4.69) is 0 Å². The molecule has 0 heterocycles. The summed E-state index contributed by atoms with van der Waals surface area (Å²) in [4.78, 5) is 32.4. The lowest BCUT2D eigenvalue weighted by atomic mass is 10.1. The van der Waals surface area contributed by atoms with Crippen LogP contribution in [-0.2, 0) is 23.9 Å². The van der Waals surface area contributed by atoms with Crippen molar-refractivity contribution >= 4 is 17.9 Å². The van der Waals surface area contributed by atoms with Crippen LogP contribution in [0.25, 0.3) is 0 Å². The first-order chi connectivity index (χ1) is 8.59. The molecule has 0 aliphatic heterocycles. The van der Waals surface area contributed by atoms with Crippen molar-refractivity contribution < 1.29 is 29.0 Å². The Labute approximate surface area is 104 Å². The fraction of sp³-hybridized carbons (Fsp3) is 0.417. The average Bonchev–Trinajstić information content (AvgIpc) is 2.23. The van der Waals surface area contributed by atoms with Gasteiger partial charge in [0.2, 0.25) is 0 Å². The van der Waals surface area contributed by atoms with Crippen molar-refractivity contribution in [3.63, 3.8) is 0 Å². The summed E-state index contributed by atoms with van der Waals surface area (Å²) in [6, 6.07) is 0. The van der Waals surface area contributed by atoms with Gasteiger partial charge in [-0.1, -0.05) is 6.08 Å². The van der Waals surface area contributed by atoms with Crippen LogP contribution in [0.15, 0.2) is 23.8 Å². The van der Waals surface area contributed by atoms with Gasteiger partial charge in [-0.05, 0) is 12.2 Å². The van der Waals surface area contributed by atoms with Crippen molar-refractivity contribution in [3.8, 4) is 0 Å². The van der Waals surface area contributed by atoms with Gasteiger partial charge in [-0.2, -0.15) is 0 Å². The summed E-state index contributed by atoms with van der Waals surface area (Å²) in [7, 11) is 0. The van der Waals surface area contributed by atoms with E-state index in [9.17, 15) is 14.4 Å². The van der Waals surface area contributed by atoms with Crippen LogP contribution in [0.1, 0.15) is 19.3 Å². The molecule has 0 atom stereocenters. The second kappa shape index (κ2) is 7.26. The van der Waals surface area contributed by atoms with E-state index in [-0.39, 0.29) is 26.1 Å². The molecule has 0 amide bonds.